The zero-order chi connectivity index (χ0) is 25.1. The summed E-state index contributed by atoms with van der Waals surface area (Å²) in [7, 11) is -4.05. The lowest BCUT2D eigenvalue weighted by atomic mass is 9.89. The molecule has 1 aromatic heterocycles. The molecule has 0 aliphatic heterocycles. The van der Waals surface area contributed by atoms with E-state index in [0.717, 1.165) is 32.1 Å². The summed E-state index contributed by atoms with van der Waals surface area (Å²) in [5.74, 6) is -0.478. The van der Waals surface area contributed by atoms with Crippen molar-refractivity contribution in [3.8, 4) is 0 Å². The van der Waals surface area contributed by atoms with Gasteiger partial charge in [-0.2, -0.15) is 9.30 Å². The molecule has 186 valence electrons. The van der Waals surface area contributed by atoms with Crippen molar-refractivity contribution in [1.29, 1.82) is 0 Å². The molecule has 3 rings (SSSR count). The Morgan fingerprint density at radius 2 is 1.88 bits per heavy atom. The van der Waals surface area contributed by atoms with Gasteiger partial charge in [-0.3, -0.25) is 4.79 Å². The van der Waals surface area contributed by atoms with Crippen LogP contribution in [0.3, 0.4) is 0 Å². The van der Waals surface area contributed by atoms with Gasteiger partial charge in [-0.25, -0.2) is 13.4 Å². The van der Waals surface area contributed by atoms with E-state index in [0.29, 0.717) is 15.8 Å². The summed E-state index contributed by atoms with van der Waals surface area (Å²) in [5, 5.41) is 1.28. The van der Waals surface area contributed by atoms with Gasteiger partial charge in [0.15, 0.2) is 11.8 Å². The van der Waals surface area contributed by atoms with Gasteiger partial charge in [-0.05, 0) is 51.7 Å². The SMILES string of the molecule is CC(C)(C)OC(=O)CN(CC1CCCCC1)S(=O)(=O)c1ccc2c(Cl)cnc(N=C(N)N)c2c1. The Morgan fingerprint density at radius 3 is 2.50 bits per heavy atom. The van der Waals surface area contributed by atoms with Gasteiger partial charge in [0.25, 0.3) is 0 Å². The molecule has 9 nitrogen and oxygen atoms in total. The van der Waals surface area contributed by atoms with Crippen molar-refractivity contribution in [2.75, 3.05) is 13.1 Å². The van der Waals surface area contributed by atoms with Gasteiger partial charge in [0, 0.05) is 23.5 Å². The minimum Gasteiger partial charge on any atom is -0.459 e. The average Bonchev–Trinajstić information content (AvgIpc) is 2.74. The number of hydrogen-bond acceptors (Lipinski definition) is 6. The lowest BCUT2D eigenvalue weighted by Crippen LogP contribution is -2.41. The highest BCUT2D eigenvalue weighted by Crippen LogP contribution is 2.33. The average molecular weight is 510 g/mol. The van der Waals surface area contributed by atoms with Crippen LogP contribution in [-0.2, 0) is 19.6 Å². The number of hydrogen-bond donors (Lipinski definition) is 2. The maximum Gasteiger partial charge on any atom is 0.321 e. The zero-order valence-electron chi connectivity index (χ0n) is 19.8. The maximum atomic E-state index is 13.7. The number of pyridine rings is 1. The first kappa shape index (κ1) is 26.2. The smallest absolute Gasteiger partial charge is 0.321 e. The molecular formula is C23H32ClN5O4S. The first-order valence-corrected chi connectivity index (χ1v) is 13.1. The number of rotatable bonds is 7. The lowest BCUT2D eigenvalue weighted by molar-refractivity contribution is -0.155. The lowest BCUT2D eigenvalue weighted by Gasteiger charge is -2.29. The van der Waals surface area contributed by atoms with E-state index in [1.54, 1.807) is 26.8 Å². The fourth-order valence-electron chi connectivity index (χ4n) is 4.12. The van der Waals surface area contributed by atoms with E-state index in [1.807, 2.05) is 0 Å². The number of guanidine groups is 1. The molecule has 1 fully saturated rings. The summed E-state index contributed by atoms with van der Waals surface area (Å²) in [4.78, 5) is 20.7. The summed E-state index contributed by atoms with van der Waals surface area (Å²) in [6, 6.07) is 4.49. The summed E-state index contributed by atoms with van der Waals surface area (Å²) < 4.78 is 34.1. The number of nitrogens with two attached hydrogens (primary N) is 2. The van der Waals surface area contributed by atoms with E-state index in [-0.39, 0.29) is 35.7 Å². The molecule has 0 unspecified atom stereocenters. The highest BCUT2D eigenvalue weighted by atomic mass is 35.5. The highest BCUT2D eigenvalue weighted by molar-refractivity contribution is 7.89. The number of esters is 1. The second-order valence-electron chi connectivity index (χ2n) is 9.56. The number of benzene rings is 1. The molecule has 11 heteroatoms. The molecule has 4 N–H and O–H groups in total. The molecule has 2 aromatic rings. The van der Waals surface area contributed by atoms with Crippen LogP contribution >= 0.6 is 11.6 Å². The summed E-state index contributed by atoms with van der Waals surface area (Å²) >= 11 is 6.26. The number of carbonyl (C=O) groups excluding carboxylic acids is 1. The third-order valence-corrected chi connectivity index (χ3v) is 7.68. The Labute approximate surface area is 205 Å². The van der Waals surface area contributed by atoms with Gasteiger partial charge >= 0.3 is 5.97 Å². The highest BCUT2D eigenvalue weighted by Gasteiger charge is 2.32. The first-order valence-electron chi connectivity index (χ1n) is 11.3. The molecule has 0 atom stereocenters. The van der Waals surface area contributed by atoms with E-state index in [2.05, 4.69) is 9.98 Å². The van der Waals surface area contributed by atoms with Crippen LogP contribution in [0.15, 0.2) is 34.3 Å². The van der Waals surface area contributed by atoms with E-state index in [9.17, 15) is 13.2 Å². The molecule has 0 spiro atoms. The largest absolute Gasteiger partial charge is 0.459 e. The van der Waals surface area contributed by atoms with Crippen molar-refractivity contribution in [3.63, 3.8) is 0 Å². The molecule has 0 saturated heterocycles. The molecular weight excluding hydrogens is 478 g/mol. The Bertz CT molecular complexity index is 1180. The van der Waals surface area contributed by atoms with Crippen LogP contribution in [0.1, 0.15) is 52.9 Å². The van der Waals surface area contributed by atoms with Gasteiger partial charge in [0.1, 0.15) is 12.1 Å². The predicted molar refractivity (Wildman–Crippen MR) is 133 cm³/mol. The van der Waals surface area contributed by atoms with Crippen LogP contribution in [-0.4, -0.2) is 48.3 Å². The van der Waals surface area contributed by atoms with Gasteiger partial charge < -0.3 is 16.2 Å². The standard InChI is InChI=1S/C23H32ClN5O4S/c1-23(2,3)33-20(30)14-29(13-15-7-5-4-6-8-15)34(31,32)16-9-10-17-18(11-16)21(28-22(25)26)27-12-19(17)24/h9-12,15H,4-8,13-14H2,1-3H3,(H4,25,26,27,28). The van der Waals surface area contributed by atoms with E-state index in [1.165, 1.54) is 22.6 Å². The van der Waals surface area contributed by atoms with Crippen molar-refractivity contribution >= 4 is 50.1 Å². The number of nitrogens with zero attached hydrogens (tertiary/aromatic N) is 3. The summed E-state index contributed by atoms with van der Waals surface area (Å²) in [6.07, 6.45) is 6.48. The van der Waals surface area contributed by atoms with Crippen molar-refractivity contribution in [2.24, 2.45) is 22.4 Å². The van der Waals surface area contributed by atoms with Gasteiger partial charge in [-0.1, -0.05) is 36.9 Å². The Balaban J connectivity index is 2.03. The van der Waals surface area contributed by atoms with E-state index < -0.39 is 21.6 Å². The van der Waals surface area contributed by atoms with Crippen LogP contribution in [0, 0.1) is 5.92 Å². The van der Waals surface area contributed by atoms with Crippen molar-refractivity contribution in [2.45, 2.75) is 63.4 Å². The normalized spacial score (nSPS) is 15.4. The fourth-order valence-corrected chi connectivity index (χ4v) is 5.82. The number of carbonyl (C=O) groups is 1. The second-order valence-corrected chi connectivity index (χ2v) is 11.9. The number of aliphatic imine (C=N–C) groups is 1. The molecule has 1 heterocycles. The minimum atomic E-state index is -4.05. The van der Waals surface area contributed by atoms with Gasteiger partial charge in [0.05, 0.1) is 9.92 Å². The third kappa shape index (κ3) is 6.58. The first-order chi connectivity index (χ1) is 15.9. The van der Waals surface area contributed by atoms with Crippen LogP contribution < -0.4 is 11.5 Å². The monoisotopic (exact) mass is 509 g/mol. The molecule has 0 amide bonds. The van der Waals surface area contributed by atoms with Crippen LogP contribution in [0.5, 0.6) is 0 Å². The second kappa shape index (κ2) is 10.5. The number of sulfonamides is 1. The topological polar surface area (TPSA) is 141 Å². The molecule has 1 aliphatic carbocycles. The summed E-state index contributed by atoms with van der Waals surface area (Å²) in [6.45, 7) is 5.11. The number of aromatic nitrogens is 1. The Kier molecular flexibility index (Phi) is 8.05. The van der Waals surface area contributed by atoms with Crippen molar-refractivity contribution in [3.05, 3.63) is 29.4 Å². The van der Waals surface area contributed by atoms with E-state index in [4.69, 9.17) is 27.8 Å². The Hall–Kier alpha value is -2.43. The molecule has 1 saturated carbocycles. The van der Waals surface area contributed by atoms with Gasteiger partial charge in [0.2, 0.25) is 10.0 Å². The summed E-state index contributed by atoms with van der Waals surface area (Å²) in [5.41, 5.74) is 10.3. The van der Waals surface area contributed by atoms with Crippen molar-refractivity contribution in [1.82, 2.24) is 9.29 Å². The van der Waals surface area contributed by atoms with Crippen LogP contribution in [0.25, 0.3) is 10.8 Å². The molecule has 1 aliphatic rings. The van der Waals surface area contributed by atoms with Crippen LogP contribution in [0.2, 0.25) is 5.02 Å². The van der Waals surface area contributed by atoms with Crippen LogP contribution in [0.4, 0.5) is 5.82 Å². The van der Waals surface area contributed by atoms with E-state index >= 15 is 0 Å². The van der Waals surface area contributed by atoms with Gasteiger partial charge in [-0.15, -0.1) is 0 Å². The number of halogens is 1. The third-order valence-electron chi connectivity index (χ3n) is 5.57. The molecule has 0 bridgehead atoms. The predicted octanol–water partition coefficient (Wildman–Crippen LogP) is 3.71. The zero-order valence-corrected chi connectivity index (χ0v) is 21.3. The minimum absolute atomic E-state index is 0.00419. The van der Waals surface area contributed by atoms with Crippen molar-refractivity contribution < 1.29 is 17.9 Å². The molecule has 1 aromatic carbocycles. The molecule has 0 radical (unpaired) electrons. The number of ether oxygens (including phenoxy) is 1. The Morgan fingerprint density at radius 1 is 1.21 bits per heavy atom. The quantitative estimate of drug-likeness (QED) is 0.329. The molecule has 34 heavy (non-hydrogen) atoms. The number of fused-ring (bicyclic) bond motifs is 1. The maximum absolute atomic E-state index is 13.7. The fraction of sp³-hybridized carbons (Fsp3) is 0.522.